The Hall–Kier alpha value is -9.53. The number of aryl methyl sites for hydroxylation is 1. The van der Waals surface area contributed by atoms with Gasteiger partial charge in [0, 0.05) is 108 Å². The van der Waals surface area contributed by atoms with Crippen LogP contribution in [0.3, 0.4) is 0 Å². The Morgan fingerprint density at radius 2 is 1.14 bits per heavy atom. The highest BCUT2D eigenvalue weighted by Gasteiger charge is 2.36. The Morgan fingerprint density at radius 3 is 1.65 bits per heavy atom. The first kappa shape index (κ1) is 67.9. The number of esters is 2. The van der Waals surface area contributed by atoms with Crippen molar-refractivity contribution >= 4 is 120 Å². The third kappa shape index (κ3) is 14.2. The molecule has 4 aliphatic rings. The maximum absolute atomic E-state index is 13.8. The highest BCUT2D eigenvalue weighted by atomic mass is 32.2. The lowest BCUT2D eigenvalue weighted by atomic mass is 10.1. The number of nitrogens with zero attached hydrogens (tertiary/aromatic N) is 10. The second-order valence-corrected chi connectivity index (χ2v) is 27.0. The molecular formula is C70H76N10O13S3. The number of rotatable bonds is 15. The summed E-state index contributed by atoms with van der Waals surface area (Å²) < 4.78 is 20.4. The van der Waals surface area contributed by atoms with Crippen molar-refractivity contribution in [2.24, 2.45) is 13.0 Å². The fraction of sp³-hybridized carbons (Fsp3) is 0.371. The topological polar surface area (TPSA) is 246 Å². The fourth-order valence-corrected chi connectivity index (χ4v) is 15.5. The summed E-state index contributed by atoms with van der Waals surface area (Å²) in [6.07, 6.45) is 3.50. The molecule has 502 valence electrons. The van der Waals surface area contributed by atoms with Crippen LogP contribution in [0.4, 0.5) is 22.7 Å². The summed E-state index contributed by atoms with van der Waals surface area (Å²) in [4.78, 5) is 128. The number of anilines is 3. The SMILES string of the molecule is CC(C)Cn1c(=O)c([N+](=O)[O-])c(N2CCN(C(=O)c3ccco3)CC2)c2ccccc21.CCOC(=O)c1c(N2CCN(C(=O)C3CCCS3)CC2)c2ccccc2n(C)c1=O.CCOC(=O)c1c(N2CCN(C(=O)c3cccs3)CC2)c2ccccc2n(Cc2ccsc2)c1=O. The summed E-state index contributed by atoms with van der Waals surface area (Å²) in [5, 5.41) is 20.3. The van der Waals surface area contributed by atoms with Crippen LogP contribution >= 0.6 is 34.4 Å². The highest BCUT2D eigenvalue weighted by Crippen LogP contribution is 2.37. The van der Waals surface area contributed by atoms with Gasteiger partial charge in [0.25, 0.3) is 22.9 Å². The number of para-hydroxylation sites is 3. The zero-order chi connectivity index (χ0) is 67.7. The molecule has 0 saturated carbocycles. The summed E-state index contributed by atoms with van der Waals surface area (Å²) in [6, 6.07) is 31.5. The van der Waals surface area contributed by atoms with Crippen molar-refractivity contribution in [1.82, 2.24) is 28.4 Å². The third-order valence-electron chi connectivity index (χ3n) is 17.5. The maximum Gasteiger partial charge on any atom is 0.357 e. The van der Waals surface area contributed by atoms with E-state index in [1.807, 2.05) is 141 Å². The molecule has 0 N–H and O–H groups in total. The summed E-state index contributed by atoms with van der Waals surface area (Å²) in [6.45, 7) is 14.4. The van der Waals surface area contributed by atoms with Crippen molar-refractivity contribution in [3.05, 3.63) is 194 Å². The number of thioether (sulfide) groups is 1. The lowest BCUT2D eigenvalue weighted by molar-refractivity contribution is -0.385. The number of ether oxygens (including phenoxy) is 2. The van der Waals surface area contributed by atoms with Crippen molar-refractivity contribution in [2.75, 3.05) is 112 Å². The number of amides is 3. The number of thiophene rings is 2. The first-order chi connectivity index (χ1) is 46.5. The minimum absolute atomic E-state index is 0.0151. The summed E-state index contributed by atoms with van der Waals surface area (Å²) >= 11 is 4.75. The van der Waals surface area contributed by atoms with Crippen molar-refractivity contribution < 1.29 is 42.8 Å². The van der Waals surface area contributed by atoms with Gasteiger partial charge in [0.2, 0.25) is 5.91 Å². The quantitative estimate of drug-likeness (QED) is 0.0526. The van der Waals surface area contributed by atoms with Gasteiger partial charge >= 0.3 is 23.2 Å². The van der Waals surface area contributed by atoms with Crippen LogP contribution in [0.25, 0.3) is 32.7 Å². The normalized spacial score (nSPS) is 15.8. The molecule has 10 heterocycles. The van der Waals surface area contributed by atoms with Crippen molar-refractivity contribution in [2.45, 2.75) is 58.9 Å². The molecule has 0 aliphatic carbocycles. The predicted octanol–water partition coefficient (Wildman–Crippen LogP) is 9.69. The zero-order valence-corrected chi connectivity index (χ0v) is 56.7. The second kappa shape index (κ2) is 30.5. The average molecular weight is 1360 g/mol. The lowest BCUT2D eigenvalue weighted by Gasteiger charge is -2.38. The minimum atomic E-state index is -0.616. The molecular weight excluding hydrogens is 1290 g/mol. The van der Waals surface area contributed by atoms with Crippen LogP contribution in [0.1, 0.15) is 87.0 Å². The van der Waals surface area contributed by atoms with Gasteiger partial charge in [-0.05, 0) is 103 Å². The number of fused-ring (bicyclic) bond motifs is 3. The van der Waals surface area contributed by atoms with Gasteiger partial charge in [-0.2, -0.15) is 11.3 Å². The van der Waals surface area contributed by atoms with Gasteiger partial charge in [-0.15, -0.1) is 23.1 Å². The van der Waals surface area contributed by atoms with E-state index >= 15 is 0 Å². The molecule has 4 saturated heterocycles. The number of carbonyl (C=O) groups is 5. The van der Waals surface area contributed by atoms with E-state index < -0.39 is 28.1 Å². The molecule has 9 aromatic rings. The Kier molecular flexibility index (Phi) is 21.5. The highest BCUT2D eigenvalue weighted by molar-refractivity contribution is 8.00. The van der Waals surface area contributed by atoms with Gasteiger partial charge in [0.15, 0.2) is 5.76 Å². The Balaban J connectivity index is 0.000000147. The van der Waals surface area contributed by atoms with Crippen LogP contribution < -0.4 is 31.4 Å². The summed E-state index contributed by atoms with van der Waals surface area (Å²) in [5.41, 5.74) is 3.16. The number of aromatic nitrogens is 3. The standard InChI is InChI=1S/C26H25N3O4S2.C22H24N4O5.C22H27N3O4S/c1-2-33-26(32)22-23(27-10-12-28(13-11-27)24(30)21-8-5-14-35-21)19-6-3-4-7-20(19)29(25(22)31)16-18-9-15-34-17-18;1-15(2)14-25-17-7-4-3-6-16(17)19(20(22(25)28)26(29)30)23-9-11-24(12-10-23)21(27)18-8-5-13-31-18;1-3-29-22(28)18-19(15-7-4-5-8-16(15)23(2)21(18)27)24-10-12-25(13-11-24)20(26)17-9-6-14-30-17/h3-9,14-15,17H,2,10-13,16H2,1H3;3-8,13,15H,9-12,14H2,1-2H3;4-5,7-8,17H,3,6,9-14H2,1-2H3. The van der Waals surface area contributed by atoms with Crippen LogP contribution in [0.2, 0.25) is 0 Å². The smallest absolute Gasteiger partial charge is 0.357 e. The van der Waals surface area contributed by atoms with Gasteiger partial charge in [-0.1, -0.05) is 74.5 Å². The zero-order valence-electron chi connectivity index (χ0n) is 54.2. The molecule has 4 fully saturated rings. The number of carbonyl (C=O) groups excluding carboxylic acids is 5. The van der Waals surface area contributed by atoms with Gasteiger partial charge in [0.1, 0.15) is 16.8 Å². The van der Waals surface area contributed by atoms with Gasteiger partial charge in [-0.3, -0.25) is 38.9 Å². The maximum atomic E-state index is 13.8. The summed E-state index contributed by atoms with van der Waals surface area (Å²) in [7, 11) is 1.67. The van der Waals surface area contributed by atoms with E-state index in [0.717, 1.165) is 46.0 Å². The second-order valence-electron chi connectivity index (χ2n) is 23.9. The number of benzene rings is 3. The van der Waals surface area contributed by atoms with Crippen LogP contribution in [-0.2, 0) is 34.4 Å². The van der Waals surface area contributed by atoms with Crippen LogP contribution in [0.5, 0.6) is 0 Å². The van der Waals surface area contributed by atoms with Crippen LogP contribution in [0, 0.1) is 16.0 Å². The molecule has 0 radical (unpaired) electrons. The monoisotopic (exact) mass is 1360 g/mol. The molecule has 1 atom stereocenters. The molecule has 4 aliphatic heterocycles. The molecule has 0 bridgehead atoms. The van der Waals surface area contributed by atoms with Gasteiger partial charge < -0.3 is 57.0 Å². The Morgan fingerprint density at radius 1 is 0.604 bits per heavy atom. The van der Waals surface area contributed by atoms with E-state index in [4.69, 9.17) is 13.9 Å². The number of hydrogen-bond acceptors (Lipinski definition) is 19. The van der Waals surface area contributed by atoms with Gasteiger partial charge in [0.05, 0.1) is 69.0 Å². The van der Waals surface area contributed by atoms with E-state index in [-0.39, 0.29) is 70.1 Å². The van der Waals surface area contributed by atoms with E-state index in [1.54, 1.807) is 65.6 Å². The number of nitro groups is 1. The molecule has 96 heavy (non-hydrogen) atoms. The molecule has 23 nitrogen and oxygen atoms in total. The van der Waals surface area contributed by atoms with E-state index in [0.29, 0.717) is 124 Å². The van der Waals surface area contributed by atoms with Crippen molar-refractivity contribution in [3.8, 4) is 0 Å². The van der Waals surface area contributed by atoms with Crippen LogP contribution in [-0.4, -0.2) is 166 Å². The molecule has 1 unspecified atom stereocenters. The first-order valence-electron chi connectivity index (χ1n) is 32.2. The molecule has 3 aromatic carbocycles. The van der Waals surface area contributed by atoms with Crippen molar-refractivity contribution in [1.29, 1.82) is 0 Å². The molecule has 0 spiro atoms. The average Bonchev–Trinajstić information content (AvgIpc) is 0.886. The molecule has 6 aromatic heterocycles. The van der Waals surface area contributed by atoms with Crippen molar-refractivity contribution in [3.63, 3.8) is 0 Å². The fourth-order valence-electron chi connectivity index (χ4n) is 12.9. The van der Waals surface area contributed by atoms with E-state index in [9.17, 15) is 48.5 Å². The molecule has 26 heteroatoms. The number of pyridine rings is 3. The number of hydrogen-bond donors (Lipinski definition) is 0. The first-order valence-corrected chi connectivity index (χ1v) is 35.1. The van der Waals surface area contributed by atoms with Crippen LogP contribution in [0.15, 0.2) is 144 Å². The lowest BCUT2D eigenvalue weighted by Crippen LogP contribution is -2.51. The summed E-state index contributed by atoms with van der Waals surface area (Å²) in [5.74, 6) is 0.283. The van der Waals surface area contributed by atoms with Gasteiger partial charge in [-0.25, -0.2) is 9.59 Å². The molecule has 13 rings (SSSR count). The number of furan rings is 1. The third-order valence-corrected chi connectivity index (χ3v) is 20.5. The largest absolute Gasteiger partial charge is 0.462 e. The Bertz CT molecular complexity index is 4500. The minimum Gasteiger partial charge on any atom is -0.462 e. The predicted molar refractivity (Wildman–Crippen MR) is 376 cm³/mol. The molecule has 3 amide bonds. The Labute approximate surface area is 565 Å². The number of piperazine rings is 3. The van der Waals surface area contributed by atoms with E-state index in [1.165, 1.54) is 26.7 Å². The van der Waals surface area contributed by atoms with E-state index in [2.05, 4.69) is 4.90 Å².